The molecular weight excluding hydrogens is 515 g/mol. The van der Waals surface area contributed by atoms with Crippen LogP contribution in [-0.2, 0) is 27.1 Å². The predicted molar refractivity (Wildman–Crippen MR) is 134 cm³/mol. The first-order valence-corrected chi connectivity index (χ1v) is 12.3. The molecule has 0 unspecified atom stereocenters. The molecule has 7 nitrogen and oxygen atoms in total. The van der Waals surface area contributed by atoms with Crippen molar-refractivity contribution in [3.8, 4) is 0 Å². The highest BCUT2D eigenvalue weighted by Crippen LogP contribution is 2.19. The Morgan fingerprint density at radius 1 is 1.07 bits per heavy atom. The summed E-state index contributed by atoms with van der Waals surface area (Å²) in [4.78, 5) is 4.61. The molecule has 1 aromatic carbocycles. The van der Waals surface area contributed by atoms with Crippen LogP contribution in [0.5, 0.6) is 0 Å². The van der Waals surface area contributed by atoms with E-state index in [0.717, 1.165) is 30.2 Å². The highest BCUT2D eigenvalue weighted by atomic mass is 127. The van der Waals surface area contributed by atoms with Gasteiger partial charge in [-0.05, 0) is 37.9 Å². The maximum Gasteiger partial charge on any atom is 0.215 e. The van der Waals surface area contributed by atoms with Crippen molar-refractivity contribution in [2.75, 3.05) is 26.7 Å². The summed E-state index contributed by atoms with van der Waals surface area (Å²) in [5.41, 5.74) is 1.79. The molecule has 0 aromatic heterocycles. The highest BCUT2D eigenvalue weighted by molar-refractivity contribution is 14.0. The van der Waals surface area contributed by atoms with E-state index in [9.17, 15) is 8.42 Å². The maximum absolute atomic E-state index is 11.6. The fourth-order valence-corrected chi connectivity index (χ4v) is 4.12. The van der Waals surface area contributed by atoms with Crippen LogP contribution in [0.4, 0.5) is 0 Å². The van der Waals surface area contributed by atoms with Crippen molar-refractivity contribution in [3.05, 3.63) is 35.4 Å². The Morgan fingerprint density at radius 2 is 1.70 bits per heavy atom. The molecule has 0 radical (unpaired) electrons. The van der Waals surface area contributed by atoms with E-state index in [1.54, 1.807) is 0 Å². The summed E-state index contributed by atoms with van der Waals surface area (Å²) in [7, 11) is -1.83. The molecule has 9 heteroatoms. The SMILES string of the molecule is CCNC(=NCc1ccc(CS(=O)(=O)NC)cc1)NCCOC1CCCCCC1.I. The molecule has 3 N–H and O–H groups in total. The van der Waals surface area contributed by atoms with E-state index in [1.807, 2.05) is 31.2 Å². The van der Waals surface area contributed by atoms with Gasteiger partial charge >= 0.3 is 0 Å². The van der Waals surface area contributed by atoms with Crippen molar-refractivity contribution in [3.63, 3.8) is 0 Å². The second kappa shape index (κ2) is 15.0. The third kappa shape index (κ3) is 10.9. The largest absolute Gasteiger partial charge is 0.376 e. The van der Waals surface area contributed by atoms with Crippen LogP contribution in [0.2, 0.25) is 0 Å². The van der Waals surface area contributed by atoms with Crippen molar-refractivity contribution in [1.82, 2.24) is 15.4 Å². The van der Waals surface area contributed by atoms with Gasteiger partial charge in [0.15, 0.2) is 5.96 Å². The lowest BCUT2D eigenvalue weighted by Crippen LogP contribution is -2.39. The number of rotatable bonds is 10. The summed E-state index contributed by atoms with van der Waals surface area (Å²) in [6.45, 7) is 4.76. The number of halogens is 1. The Kier molecular flexibility index (Phi) is 13.5. The topological polar surface area (TPSA) is 91.8 Å². The van der Waals surface area contributed by atoms with Gasteiger partial charge in [0.05, 0.1) is 25.0 Å². The third-order valence-corrected chi connectivity index (χ3v) is 6.34. The molecule has 30 heavy (non-hydrogen) atoms. The second-order valence-corrected chi connectivity index (χ2v) is 9.31. The van der Waals surface area contributed by atoms with Crippen molar-refractivity contribution in [1.29, 1.82) is 0 Å². The maximum atomic E-state index is 11.6. The molecular formula is C21H37IN4O3S. The number of sulfonamides is 1. The lowest BCUT2D eigenvalue weighted by Gasteiger charge is -2.16. The average Bonchev–Trinajstić information content (AvgIpc) is 2.99. The molecule has 1 aliphatic carbocycles. The summed E-state index contributed by atoms with van der Waals surface area (Å²) in [5.74, 6) is 0.747. The van der Waals surface area contributed by atoms with Crippen LogP contribution in [0, 0.1) is 0 Å². The Labute approximate surface area is 198 Å². The van der Waals surface area contributed by atoms with Gasteiger partial charge in [0.1, 0.15) is 0 Å². The number of aliphatic imine (C=N–C) groups is 1. The van der Waals surface area contributed by atoms with E-state index in [2.05, 4.69) is 20.3 Å². The Morgan fingerprint density at radius 3 is 2.30 bits per heavy atom. The minimum Gasteiger partial charge on any atom is -0.376 e. The van der Waals surface area contributed by atoms with Gasteiger partial charge in [-0.1, -0.05) is 49.9 Å². The van der Waals surface area contributed by atoms with Crippen molar-refractivity contribution < 1.29 is 13.2 Å². The Bertz CT molecular complexity index is 718. The van der Waals surface area contributed by atoms with Gasteiger partial charge in [-0.25, -0.2) is 18.1 Å². The molecule has 0 aliphatic heterocycles. The monoisotopic (exact) mass is 552 g/mol. The summed E-state index contributed by atoms with van der Waals surface area (Å²) in [6, 6.07) is 7.51. The van der Waals surface area contributed by atoms with Gasteiger partial charge in [0, 0.05) is 13.1 Å². The van der Waals surface area contributed by atoms with E-state index in [1.165, 1.54) is 45.6 Å². The quantitative estimate of drug-likeness (QED) is 0.136. The Balaban J connectivity index is 0.00000450. The van der Waals surface area contributed by atoms with E-state index < -0.39 is 10.0 Å². The van der Waals surface area contributed by atoms with Crippen molar-refractivity contribution in [2.24, 2.45) is 4.99 Å². The fourth-order valence-electron chi connectivity index (χ4n) is 3.35. The number of ether oxygens (including phenoxy) is 1. The van der Waals surface area contributed by atoms with Crippen molar-refractivity contribution >= 4 is 40.0 Å². The van der Waals surface area contributed by atoms with E-state index in [4.69, 9.17) is 4.74 Å². The molecule has 1 aliphatic rings. The zero-order valence-corrected chi connectivity index (χ0v) is 21.3. The van der Waals surface area contributed by atoms with Crippen LogP contribution in [0.25, 0.3) is 0 Å². The van der Waals surface area contributed by atoms with Gasteiger partial charge < -0.3 is 15.4 Å². The molecule has 0 bridgehead atoms. The molecule has 2 rings (SSSR count). The second-order valence-electron chi connectivity index (χ2n) is 7.39. The highest BCUT2D eigenvalue weighted by Gasteiger charge is 2.12. The number of nitrogens with zero attached hydrogens (tertiary/aromatic N) is 1. The van der Waals surface area contributed by atoms with E-state index in [0.29, 0.717) is 19.3 Å². The van der Waals surface area contributed by atoms with Crippen molar-refractivity contribution in [2.45, 2.75) is 63.9 Å². The van der Waals surface area contributed by atoms with Crippen LogP contribution < -0.4 is 15.4 Å². The molecule has 0 atom stereocenters. The fraction of sp³-hybridized carbons (Fsp3) is 0.667. The lowest BCUT2D eigenvalue weighted by molar-refractivity contribution is 0.0468. The summed E-state index contributed by atoms with van der Waals surface area (Å²) < 4.78 is 31.6. The third-order valence-electron chi connectivity index (χ3n) is 5.00. The van der Waals surface area contributed by atoms with Crippen LogP contribution in [0.3, 0.4) is 0 Å². The summed E-state index contributed by atoms with van der Waals surface area (Å²) in [5, 5.41) is 6.57. The van der Waals surface area contributed by atoms with Gasteiger partial charge in [-0.3, -0.25) is 0 Å². The number of hydrogen-bond acceptors (Lipinski definition) is 4. The smallest absolute Gasteiger partial charge is 0.215 e. The van der Waals surface area contributed by atoms with Gasteiger partial charge in [-0.15, -0.1) is 24.0 Å². The van der Waals surface area contributed by atoms with Gasteiger partial charge in [0.2, 0.25) is 10.0 Å². The normalized spacial score (nSPS) is 15.9. The summed E-state index contributed by atoms with van der Waals surface area (Å²) in [6.07, 6.45) is 8.00. The lowest BCUT2D eigenvalue weighted by atomic mass is 10.1. The standard InChI is InChI=1S/C21H36N4O3S.HI/c1-3-23-21(24-14-15-28-20-8-6-4-5-7-9-20)25-16-18-10-12-19(13-11-18)17-29(26,27)22-2;/h10-13,20,22H,3-9,14-17H2,1-2H3,(H2,23,24,25);1H. The van der Waals surface area contributed by atoms with Crippen LogP contribution in [0.1, 0.15) is 56.6 Å². The van der Waals surface area contributed by atoms with Crippen LogP contribution in [-0.4, -0.2) is 47.2 Å². The van der Waals surface area contributed by atoms with Gasteiger partial charge in [0.25, 0.3) is 0 Å². The van der Waals surface area contributed by atoms with Gasteiger partial charge in [-0.2, -0.15) is 0 Å². The average molecular weight is 553 g/mol. The number of hydrogen-bond donors (Lipinski definition) is 3. The minimum atomic E-state index is -3.25. The number of benzene rings is 1. The molecule has 0 amide bonds. The predicted octanol–water partition coefficient (Wildman–Crippen LogP) is 3.15. The first-order valence-electron chi connectivity index (χ1n) is 10.6. The molecule has 0 heterocycles. The molecule has 0 saturated heterocycles. The van der Waals surface area contributed by atoms with E-state index in [-0.39, 0.29) is 29.7 Å². The van der Waals surface area contributed by atoms with E-state index >= 15 is 0 Å². The minimum absolute atomic E-state index is 0. The first-order chi connectivity index (χ1) is 14.0. The summed E-state index contributed by atoms with van der Waals surface area (Å²) >= 11 is 0. The molecule has 172 valence electrons. The zero-order valence-electron chi connectivity index (χ0n) is 18.2. The zero-order chi connectivity index (χ0) is 21.0. The molecule has 1 saturated carbocycles. The first kappa shape index (κ1) is 27.1. The van der Waals surface area contributed by atoms with Crippen LogP contribution >= 0.6 is 24.0 Å². The Hall–Kier alpha value is -0.910. The molecule has 1 fully saturated rings. The molecule has 0 spiro atoms. The molecule has 1 aromatic rings. The number of guanidine groups is 1. The number of nitrogens with one attached hydrogen (secondary N) is 3. The van der Waals surface area contributed by atoms with Crippen LogP contribution in [0.15, 0.2) is 29.3 Å².